The number of halogens is 1. The van der Waals surface area contributed by atoms with Crippen molar-refractivity contribution in [3.05, 3.63) is 111 Å². The highest BCUT2D eigenvalue weighted by molar-refractivity contribution is 7.90. The first-order chi connectivity index (χ1) is 31.5. The lowest BCUT2D eigenvalue weighted by molar-refractivity contribution is -0.384. The summed E-state index contributed by atoms with van der Waals surface area (Å²) < 4.78 is 52.7. The minimum atomic E-state index is -4.59. The Kier molecular flexibility index (Phi) is 11.9. The number of aromatic nitrogens is 2. The van der Waals surface area contributed by atoms with E-state index in [1.165, 1.54) is 28.8 Å². The van der Waals surface area contributed by atoms with Crippen LogP contribution in [0.1, 0.15) is 35.2 Å². The van der Waals surface area contributed by atoms with Gasteiger partial charge in [-0.3, -0.25) is 19.8 Å². The zero-order chi connectivity index (χ0) is 44.7. The summed E-state index contributed by atoms with van der Waals surface area (Å²) in [5, 5.41) is 16.7. The number of ether oxygens (including phenoxy) is 4. The predicted octanol–water partition coefficient (Wildman–Crippen LogP) is 6.38. The van der Waals surface area contributed by atoms with Crippen molar-refractivity contribution in [3.63, 3.8) is 0 Å². The van der Waals surface area contributed by atoms with Crippen molar-refractivity contribution in [3.8, 4) is 5.88 Å². The number of H-pyrrole nitrogens is 1. The average Bonchev–Trinajstić information content (AvgIpc) is 3.77. The van der Waals surface area contributed by atoms with Crippen LogP contribution in [-0.2, 0) is 24.2 Å². The van der Waals surface area contributed by atoms with E-state index < -0.39 is 31.4 Å². The lowest BCUT2D eigenvalue weighted by atomic mass is 9.69. The number of amides is 1. The molecule has 1 spiro atoms. The fourth-order valence-electron chi connectivity index (χ4n) is 9.44. The van der Waals surface area contributed by atoms with Crippen molar-refractivity contribution in [2.24, 2.45) is 5.41 Å². The monoisotopic (exact) mass is 924 g/mol. The molecule has 17 nitrogen and oxygen atoms in total. The molecule has 340 valence electrons. The number of nitro groups is 1. The standard InChI is InChI=1S/C46H49ClN8O9S/c47-33-3-1-30(2-4-33)38-24-46(28-62-29-46)11-9-32(38)26-52-13-15-53(16-14-52)34-5-7-37(40(22-34)54-17-18-64-45-42(54)21-31-10-12-48-43(31)50-45)44(56)51-65(59,60)36-6-8-39(41(23-36)55(57)58)49-25-35-27-61-19-20-63-35/h1-8,10,12,21-23,35,49H,9,11,13-20,24-29H2,(H,48,50)(H,51,56). The maximum atomic E-state index is 14.3. The fourth-order valence-corrected chi connectivity index (χ4v) is 10.6. The molecule has 4 aliphatic heterocycles. The molecule has 3 fully saturated rings. The van der Waals surface area contributed by atoms with Gasteiger partial charge in [0.1, 0.15) is 23.6 Å². The first-order valence-electron chi connectivity index (χ1n) is 21.8. The number of anilines is 4. The van der Waals surface area contributed by atoms with E-state index in [0.29, 0.717) is 49.3 Å². The quantitative estimate of drug-likeness (QED) is 0.0922. The van der Waals surface area contributed by atoms with Crippen LogP contribution in [0.15, 0.2) is 89.5 Å². The molecule has 6 heterocycles. The molecule has 3 N–H and O–H groups in total. The summed E-state index contributed by atoms with van der Waals surface area (Å²) in [7, 11) is -4.59. The normalized spacial score (nSPS) is 20.0. The van der Waals surface area contributed by atoms with Gasteiger partial charge < -0.3 is 39.0 Å². The summed E-state index contributed by atoms with van der Waals surface area (Å²) in [6.07, 6.45) is 4.61. The molecule has 3 aromatic carbocycles. The van der Waals surface area contributed by atoms with Gasteiger partial charge in [0, 0.05) is 73.0 Å². The molecule has 1 amide bonds. The minimum Gasteiger partial charge on any atom is -0.474 e. The predicted molar refractivity (Wildman–Crippen MR) is 246 cm³/mol. The number of aromatic amines is 1. The summed E-state index contributed by atoms with van der Waals surface area (Å²) >= 11 is 6.28. The molecule has 0 bridgehead atoms. The first kappa shape index (κ1) is 43.1. The number of benzene rings is 3. The minimum absolute atomic E-state index is 0.0917. The maximum Gasteiger partial charge on any atom is 0.293 e. The van der Waals surface area contributed by atoms with Crippen molar-refractivity contribution in [2.45, 2.75) is 30.3 Å². The molecule has 10 rings (SSSR count). The molecule has 0 saturated carbocycles. The van der Waals surface area contributed by atoms with Crippen LogP contribution < -0.4 is 24.6 Å². The Hall–Kier alpha value is -5.76. The molecule has 5 aromatic rings. The van der Waals surface area contributed by atoms with Crippen molar-refractivity contribution in [1.82, 2.24) is 19.6 Å². The Balaban J connectivity index is 0.906. The van der Waals surface area contributed by atoms with E-state index >= 15 is 0 Å². The topological polar surface area (TPSA) is 194 Å². The van der Waals surface area contributed by atoms with Crippen LogP contribution in [0.2, 0.25) is 5.02 Å². The van der Waals surface area contributed by atoms with E-state index in [4.69, 9.17) is 30.5 Å². The van der Waals surface area contributed by atoms with Crippen LogP contribution in [0.25, 0.3) is 16.6 Å². The SMILES string of the molecule is O=C(NS(=O)(=O)c1ccc(NCC2COCCO2)c([N+](=O)[O-])c1)c1ccc(N2CCN(CC3=C(c4ccc(Cl)cc4)CC4(CC3)COC4)CC2)cc1N1CCOc2nc3[nH]ccc3cc21. The van der Waals surface area contributed by atoms with Gasteiger partial charge in [0.25, 0.3) is 21.6 Å². The Morgan fingerprint density at radius 3 is 2.54 bits per heavy atom. The van der Waals surface area contributed by atoms with Gasteiger partial charge in [-0.15, -0.1) is 0 Å². The smallest absolute Gasteiger partial charge is 0.293 e. The van der Waals surface area contributed by atoms with Gasteiger partial charge in [-0.25, -0.2) is 13.1 Å². The molecule has 1 unspecified atom stereocenters. The van der Waals surface area contributed by atoms with Crippen molar-refractivity contribution >= 4 is 72.6 Å². The van der Waals surface area contributed by atoms with Crippen LogP contribution in [0, 0.1) is 15.5 Å². The third kappa shape index (κ3) is 8.98. The third-order valence-electron chi connectivity index (χ3n) is 13.0. The van der Waals surface area contributed by atoms with Crippen LogP contribution >= 0.6 is 11.6 Å². The molecule has 1 atom stereocenters. The van der Waals surface area contributed by atoms with Crippen LogP contribution in [0.5, 0.6) is 5.88 Å². The maximum absolute atomic E-state index is 14.3. The molecule has 0 radical (unpaired) electrons. The van der Waals surface area contributed by atoms with Crippen LogP contribution in [-0.4, -0.2) is 126 Å². The van der Waals surface area contributed by atoms with E-state index in [0.717, 1.165) is 87.4 Å². The number of hydrogen-bond donors (Lipinski definition) is 3. The average molecular weight is 925 g/mol. The van der Waals surface area contributed by atoms with Gasteiger partial charge in [0.05, 0.1) is 66.8 Å². The van der Waals surface area contributed by atoms with Crippen LogP contribution in [0.3, 0.4) is 0 Å². The van der Waals surface area contributed by atoms with Crippen molar-refractivity contribution < 1.29 is 37.1 Å². The molecular weight excluding hydrogens is 876 g/mol. The molecule has 5 aliphatic rings. The van der Waals surface area contributed by atoms with E-state index in [2.05, 4.69) is 41.9 Å². The summed E-state index contributed by atoms with van der Waals surface area (Å²) in [6.45, 7) is 7.63. The van der Waals surface area contributed by atoms with Gasteiger partial charge in [-0.2, -0.15) is 4.98 Å². The summed E-state index contributed by atoms with van der Waals surface area (Å²) in [5.41, 5.74) is 6.65. The number of allylic oxidation sites excluding steroid dienone is 1. The lowest BCUT2D eigenvalue weighted by Gasteiger charge is -2.46. The summed E-state index contributed by atoms with van der Waals surface area (Å²) in [4.78, 5) is 39.9. The van der Waals surface area contributed by atoms with Gasteiger partial charge in [0.15, 0.2) is 0 Å². The molecule has 1 aliphatic carbocycles. The van der Waals surface area contributed by atoms with Gasteiger partial charge in [-0.05, 0) is 85.0 Å². The zero-order valence-corrected chi connectivity index (χ0v) is 37.2. The second-order valence-corrected chi connectivity index (χ2v) is 19.4. The number of carbonyl (C=O) groups excluding carboxylic acids is 1. The van der Waals surface area contributed by atoms with Crippen molar-refractivity contribution in [1.29, 1.82) is 0 Å². The molecule has 3 saturated heterocycles. The number of nitro benzene ring substituents is 1. The van der Waals surface area contributed by atoms with Crippen LogP contribution in [0.4, 0.5) is 28.4 Å². The van der Waals surface area contributed by atoms with E-state index in [1.807, 2.05) is 41.3 Å². The summed E-state index contributed by atoms with van der Waals surface area (Å²) in [5.74, 6) is -0.523. The number of pyridine rings is 1. The first-order valence-corrected chi connectivity index (χ1v) is 23.7. The van der Waals surface area contributed by atoms with Crippen molar-refractivity contribution in [2.75, 3.05) is 101 Å². The van der Waals surface area contributed by atoms with Gasteiger partial charge >= 0.3 is 0 Å². The van der Waals surface area contributed by atoms with E-state index in [9.17, 15) is 23.3 Å². The number of rotatable bonds is 12. The molecule has 2 aromatic heterocycles. The molecule has 19 heteroatoms. The number of nitrogens with zero attached hydrogens (tertiary/aromatic N) is 5. The third-order valence-corrected chi connectivity index (χ3v) is 14.6. The highest BCUT2D eigenvalue weighted by atomic mass is 35.5. The highest BCUT2D eigenvalue weighted by Gasteiger charge is 2.42. The Morgan fingerprint density at radius 1 is 0.954 bits per heavy atom. The molecular formula is C46H49ClN8O9S. The number of carbonyl (C=O) groups is 1. The fraction of sp³-hybridized carbons (Fsp3) is 0.391. The number of fused-ring (bicyclic) bond motifs is 2. The van der Waals surface area contributed by atoms with E-state index in [1.54, 1.807) is 12.3 Å². The van der Waals surface area contributed by atoms with E-state index in [-0.39, 0.29) is 35.9 Å². The highest BCUT2D eigenvalue weighted by Crippen LogP contribution is 2.48. The zero-order valence-electron chi connectivity index (χ0n) is 35.6. The Bertz CT molecular complexity index is 2770. The van der Waals surface area contributed by atoms with Gasteiger partial charge in [-0.1, -0.05) is 29.3 Å². The molecule has 65 heavy (non-hydrogen) atoms. The Morgan fingerprint density at radius 2 is 1.78 bits per heavy atom. The largest absolute Gasteiger partial charge is 0.474 e. The second-order valence-electron chi connectivity index (χ2n) is 17.3. The van der Waals surface area contributed by atoms with Gasteiger partial charge in [0.2, 0.25) is 5.88 Å². The number of piperazine rings is 1. The second kappa shape index (κ2) is 17.9. The number of hydrogen-bond acceptors (Lipinski definition) is 14. The number of nitrogens with one attached hydrogen (secondary N) is 3. The number of sulfonamides is 1. The lowest BCUT2D eigenvalue weighted by Crippen LogP contribution is -2.48. The Labute approximate surface area is 380 Å². The summed E-state index contributed by atoms with van der Waals surface area (Å²) in [6, 6.07) is 20.9.